The highest BCUT2D eigenvalue weighted by Gasteiger charge is 2.05. The number of rotatable bonds is 7. The van der Waals surface area contributed by atoms with Crippen molar-refractivity contribution in [2.75, 3.05) is 19.6 Å². The average Bonchev–Trinajstić information content (AvgIpc) is 2.39. The van der Waals surface area contributed by atoms with Crippen LogP contribution in [-0.2, 0) is 4.74 Å². The molecule has 0 fully saturated rings. The van der Waals surface area contributed by atoms with Gasteiger partial charge in [-0.25, -0.2) is 4.79 Å². The maximum Gasteiger partial charge on any atom is 0.337 e. The Morgan fingerprint density at radius 3 is 2.50 bits per heavy atom. The van der Waals surface area contributed by atoms with Gasteiger partial charge >= 0.3 is 5.97 Å². The van der Waals surface area contributed by atoms with Gasteiger partial charge in [-0.3, -0.25) is 0 Å². The molecule has 0 aliphatic heterocycles. The van der Waals surface area contributed by atoms with Crippen LogP contribution in [-0.4, -0.2) is 25.6 Å². The molecule has 0 heterocycles. The summed E-state index contributed by atoms with van der Waals surface area (Å²) < 4.78 is 10.2. The van der Waals surface area contributed by atoms with E-state index in [2.05, 4.69) is 11.7 Å². The van der Waals surface area contributed by atoms with Crippen molar-refractivity contribution in [2.24, 2.45) is 5.92 Å². The molecule has 18 heavy (non-hydrogen) atoms. The van der Waals surface area contributed by atoms with E-state index in [1.165, 1.54) is 7.11 Å². The van der Waals surface area contributed by atoms with E-state index >= 15 is 0 Å². The van der Waals surface area contributed by atoms with E-state index in [-0.39, 0.29) is 5.97 Å². The van der Waals surface area contributed by atoms with Gasteiger partial charge < -0.3 is 9.47 Å². The van der Waals surface area contributed by atoms with Gasteiger partial charge in [0.1, 0.15) is 5.75 Å². The number of methoxy groups -OCH3 is 1. The lowest BCUT2D eigenvalue weighted by Crippen LogP contribution is -2.05. The molecule has 0 amide bonds. The number of halogens is 1. The summed E-state index contributed by atoms with van der Waals surface area (Å²) in [5.41, 5.74) is 0.528. The van der Waals surface area contributed by atoms with Crippen LogP contribution in [0.1, 0.15) is 30.1 Å². The molecule has 3 nitrogen and oxygen atoms in total. The number of hydrogen-bond acceptors (Lipinski definition) is 3. The van der Waals surface area contributed by atoms with E-state index in [4.69, 9.17) is 16.3 Å². The standard InChI is InChI=1S/C14H19ClO3/c1-11(7-9-15)8-10-18-13-5-3-12(4-6-13)14(16)17-2/h3-6,11H,7-10H2,1-2H3. The predicted octanol–water partition coefficient (Wildman–Crippen LogP) is 3.51. The molecular formula is C14H19ClO3. The van der Waals surface area contributed by atoms with E-state index in [1.807, 2.05) is 0 Å². The van der Waals surface area contributed by atoms with E-state index in [9.17, 15) is 4.79 Å². The van der Waals surface area contributed by atoms with Crippen molar-refractivity contribution in [2.45, 2.75) is 19.8 Å². The van der Waals surface area contributed by atoms with Gasteiger partial charge in [0.05, 0.1) is 19.3 Å². The van der Waals surface area contributed by atoms with Crippen LogP contribution >= 0.6 is 11.6 Å². The Labute approximate surface area is 113 Å². The van der Waals surface area contributed by atoms with E-state index in [0.717, 1.165) is 18.6 Å². The molecule has 0 aromatic heterocycles. The molecule has 0 aliphatic rings. The van der Waals surface area contributed by atoms with Crippen LogP contribution in [0.25, 0.3) is 0 Å². The molecule has 0 aliphatic carbocycles. The first kappa shape index (κ1) is 14.8. The number of benzene rings is 1. The van der Waals surface area contributed by atoms with Crippen molar-refractivity contribution in [1.29, 1.82) is 0 Å². The summed E-state index contributed by atoms with van der Waals surface area (Å²) in [4.78, 5) is 11.2. The zero-order valence-corrected chi connectivity index (χ0v) is 11.6. The Hall–Kier alpha value is -1.22. The average molecular weight is 271 g/mol. The van der Waals surface area contributed by atoms with Crippen LogP contribution < -0.4 is 4.74 Å². The van der Waals surface area contributed by atoms with E-state index in [1.54, 1.807) is 24.3 Å². The van der Waals surface area contributed by atoms with Gasteiger partial charge in [-0.2, -0.15) is 0 Å². The van der Waals surface area contributed by atoms with Crippen LogP contribution in [0, 0.1) is 5.92 Å². The third-order valence-electron chi connectivity index (χ3n) is 2.76. The van der Waals surface area contributed by atoms with Crippen LogP contribution in [0.5, 0.6) is 5.75 Å². The molecular weight excluding hydrogens is 252 g/mol. The first-order valence-electron chi connectivity index (χ1n) is 6.04. The molecule has 0 spiro atoms. The molecule has 1 aromatic rings. The fourth-order valence-electron chi connectivity index (χ4n) is 1.51. The molecule has 100 valence electrons. The first-order valence-corrected chi connectivity index (χ1v) is 6.58. The lowest BCUT2D eigenvalue weighted by atomic mass is 10.1. The second kappa shape index (κ2) is 7.98. The Balaban J connectivity index is 2.37. The van der Waals surface area contributed by atoms with Crippen molar-refractivity contribution < 1.29 is 14.3 Å². The summed E-state index contributed by atoms with van der Waals surface area (Å²) in [6.07, 6.45) is 1.98. The van der Waals surface area contributed by atoms with Crippen LogP contribution in [0.3, 0.4) is 0 Å². The molecule has 4 heteroatoms. The van der Waals surface area contributed by atoms with E-state index in [0.29, 0.717) is 24.0 Å². The van der Waals surface area contributed by atoms with Gasteiger partial charge in [0.25, 0.3) is 0 Å². The van der Waals surface area contributed by atoms with Crippen molar-refractivity contribution >= 4 is 17.6 Å². The topological polar surface area (TPSA) is 35.5 Å². The Bertz CT molecular complexity index is 362. The summed E-state index contributed by atoms with van der Waals surface area (Å²) in [7, 11) is 1.37. The molecule has 1 aromatic carbocycles. The highest BCUT2D eigenvalue weighted by atomic mass is 35.5. The van der Waals surface area contributed by atoms with Gasteiger partial charge in [0.15, 0.2) is 0 Å². The van der Waals surface area contributed by atoms with Crippen molar-refractivity contribution in [3.05, 3.63) is 29.8 Å². The summed E-state index contributed by atoms with van der Waals surface area (Å²) >= 11 is 5.67. The highest BCUT2D eigenvalue weighted by molar-refractivity contribution is 6.17. The van der Waals surface area contributed by atoms with Gasteiger partial charge in [0.2, 0.25) is 0 Å². The second-order valence-corrected chi connectivity index (χ2v) is 4.61. The number of hydrogen-bond donors (Lipinski definition) is 0. The molecule has 0 saturated carbocycles. The summed E-state index contributed by atoms with van der Waals surface area (Å²) in [6.45, 7) is 2.82. The third-order valence-corrected chi connectivity index (χ3v) is 2.97. The van der Waals surface area contributed by atoms with Crippen molar-refractivity contribution in [1.82, 2.24) is 0 Å². The second-order valence-electron chi connectivity index (χ2n) is 4.24. The number of carbonyl (C=O) groups excluding carboxylic acids is 1. The fraction of sp³-hybridized carbons (Fsp3) is 0.500. The third kappa shape index (κ3) is 4.96. The van der Waals surface area contributed by atoms with Crippen LogP contribution in [0.15, 0.2) is 24.3 Å². The van der Waals surface area contributed by atoms with E-state index < -0.39 is 0 Å². The fourth-order valence-corrected chi connectivity index (χ4v) is 1.89. The number of esters is 1. The lowest BCUT2D eigenvalue weighted by molar-refractivity contribution is 0.0600. The van der Waals surface area contributed by atoms with Gasteiger partial charge in [0, 0.05) is 5.88 Å². The normalized spacial score (nSPS) is 11.9. The number of alkyl halides is 1. The smallest absolute Gasteiger partial charge is 0.337 e. The predicted molar refractivity (Wildman–Crippen MR) is 72.4 cm³/mol. The van der Waals surface area contributed by atoms with Crippen LogP contribution in [0.2, 0.25) is 0 Å². The Kier molecular flexibility index (Phi) is 6.58. The molecule has 0 bridgehead atoms. The van der Waals surface area contributed by atoms with Crippen molar-refractivity contribution in [3.63, 3.8) is 0 Å². The Morgan fingerprint density at radius 1 is 1.28 bits per heavy atom. The zero-order chi connectivity index (χ0) is 13.4. The summed E-state index contributed by atoms with van der Waals surface area (Å²) in [5, 5.41) is 0. The Morgan fingerprint density at radius 2 is 1.94 bits per heavy atom. The largest absolute Gasteiger partial charge is 0.494 e. The molecule has 0 radical (unpaired) electrons. The van der Waals surface area contributed by atoms with Crippen LogP contribution in [0.4, 0.5) is 0 Å². The minimum Gasteiger partial charge on any atom is -0.494 e. The lowest BCUT2D eigenvalue weighted by Gasteiger charge is -2.11. The van der Waals surface area contributed by atoms with Gasteiger partial charge in [-0.05, 0) is 43.0 Å². The van der Waals surface area contributed by atoms with Gasteiger partial charge in [-0.15, -0.1) is 11.6 Å². The van der Waals surface area contributed by atoms with Crippen molar-refractivity contribution in [3.8, 4) is 5.75 Å². The van der Waals surface area contributed by atoms with Gasteiger partial charge in [-0.1, -0.05) is 6.92 Å². The molecule has 0 N–H and O–H groups in total. The number of ether oxygens (including phenoxy) is 2. The molecule has 1 rings (SSSR count). The highest BCUT2D eigenvalue weighted by Crippen LogP contribution is 2.15. The number of carbonyl (C=O) groups is 1. The minimum absolute atomic E-state index is 0.336. The minimum atomic E-state index is -0.336. The monoisotopic (exact) mass is 270 g/mol. The zero-order valence-electron chi connectivity index (χ0n) is 10.8. The molecule has 1 unspecified atom stereocenters. The maximum atomic E-state index is 11.2. The maximum absolute atomic E-state index is 11.2. The SMILES string of the molecule is COC(=O)c1ccc(OCCC(C)CCCl)cc1. The quantitative estimate of drug-likeness (QED) is 0.562. The molecule has 1 atom stereocenters. The summed E-state index contributed by atoms with van der Waals surface area (Å²) in [6, 6.07) is 6.95. The first-order chi connectivity index (χ1) is 8.67. The molecule has 0 saturated heterocycles. The summed E-state index contributed by atoms with van der Waals surface area (Å²) in [5.74, 6) is 1.68.